The predicted octanol–water partition coefficient (Wildman–Crippen LogP) is 2.75. The summed E-state index contributed by atoms with van der Waals surface area (Å²) in [5.74, 6) is 0. The zero-order chi connectivity index (χ0) is 18.1. The Labute approximate surface area is 151 Å². The van der Waals surface area contributed by atoms with Crippen molar-refractivity contribution in [2.24, 2.45) is 0 Å². The Bertz CT molecular complexity index is 587. The fourth-order valence-corrected chi connectivity index (χ4v) is 3.02. The largest absolute Gasteiger partial charge is 0.390 e. The molecule has 3 atom stereocenters. The summed E-state index contributed by atoms with van der Waals surface area (Å²) in [6.07, 6.45) is -1.15. The number of hydrogen-bond acceptors (Lipinski definition) is 4. The molecular weight excluding hydrogens is 312 g/mol. The summed E-state index contributed by atoms with van der Waals surface area (Å²) >= 11 is 0. The van der Waals surface area contributed by atoms with Gasteiger partial charge in [-0.2, -0.15) is 0 Å². The van der Waals surface area contributed by atoms with Crippen molar-refractivity contribution in [3.63, 3.8) is 0 Å². The Morgan fingerprint density at radius 2 is 1.36 bits per heavy atom. The second-order valence-electron chi connectivity index (χ2n) is 6.29. The molecule has 0 aliphatic carbocycles. The molecule has 0 radical (unpaired) electrons. The minimum absolute atomic E-state index is 0.269. The van der Waals surface area contributed by atoms with Gasteiger partial charge in [-0.15, -0.1) is 0 Å². The predicted molar refractivity (Wildman–Crippen MR) is 102 cm³/mol. The maximum atomic E-state index is 10.9. The van der Waals surface area contributed by atoms with E-state index in [9.17, 15) is 10.2 Å². The van der Waals surface area contributed by atoms with E-state index in [-0.39, 0.29) is 6.04 Å². The van der Waals surface area contributed by atoms with Gasteiger partial charge in [0.2, 0.25) is 0 Å². The van der Waals surface area contributed by atoms with Crippen LogP contribution in [0.25, 0.3) is 0 Å². The van der Waals surface area contributed by atoms with Crippen LogP contribution >= 0.6 is 0 Å². The van der Waals surface area contributed by atoms with E-state index >= 15 is 0 Å². The lowest BCUT2D eigenvalue weighted by molar-refractivity contribution is 0.0908. The first-order valence-corrected chi connectivity index (χ1v) is 9.07. The van der Waals surface area contributed by atoms with Crippen LogP contribution in [0, 0.1) is 0 Å². The summed E-state index contributed by atoms with van der Waals surface area (Å²) in [6, 6.07) is 19.3. The standard InChI is InChI=1S/C21H30N2O2/c1-3-23(4-2)16-19(24)15-22-20(17-11-7-5-8-12-17)21(25)18-13-9-6-10-14-18/h5-14,19-22,24-25H,3-4,15-16H2,1-2H3. The van der Waals surface area contributed by atoms with Crippen LogP contribution in [0.15, 0.2) is 60.7 Å². The molecule has 4 heteroatoms. The van der Waals surface area contributed by atoms with Crippen molar-refractivity contribution in [2.75, 3.05) is 26.2 Å². The maximum Gasteiger partial charge on any atom is 0.0984 e. The van der Waals surface area contributed by atoms with E-state index in [2.05, 4.69) is 24.1 Å². The van der Waals surface area contributed by atoms with E-state index in [1.165, 1.54) is 0 Å². The highest BCUT2D eigenvalue weighted by molar-refractivity contribution is 5.26. The van der Waals surface area contributed by atoms with Crippen LogP contribution in [0.3, 0.4) is 0 Å². The van der Waals surface area contributed by atoms with Crippen LogP contribution in [0.1, 0.15) is 37.1 Å². The topological polar surface area (TPSA) is 55.7 Å². The van der Waals surface area contributed by atoms with Crippen molar-refractivity contribution in [2.45, 2.75) is 32.1 Å². The molecule has 0 amide bonds. The molecule has 0 aromatic heterocycles. The molecule has 4 nitrogen and oxygen atoms in total. The van der Waals surface area contributed by atoms with Crippen LogP contribution in [0.2, 0.25) is 0 Å². The van der Waals surface area contributed by atoms with Crippen LogP contribution in [0.4, 0.5) is 0 Å². The molecule has 0 saturated heterocycles. The van der Waals surface area contributed by atoms with Crippen molar-refractivity contribution < 1.29 is 10.2 Å². The number of aliphatic hydroxyl groups is 2. The molecule has 0 spiro atoms. The van der Waals surface area contributed by atoms with Crippen molar-refractivity contribution in [3.05, 3.63) is 71.8 Å². The third-order valence-corrected chi connectivity index (χ3v) is 4.55. The van der Waals surface area contributed by atoms with Gasteiger partial charge in [-0.25, -0.2) is 0 Å². The molecule has 0 aliphatic rings. The molecule has 0 fully saturated rings. The monoisotopic (exact) mass is 342 g/mol. The first-order valence-electron chi connectivity index (χ1n) is 9.07. The molecule has 3 N–H and O–H groups in total. The first kappa shape index (κ1) is 19.6. The third kappa shape index (κ3) is 5.94. The quantitative estimate of drug-likeness (QED) is 0.621. The summed E-state index contributed by atoms with van der Waals surface area (Å²) in [6.45, 7) is 7.08. The average molecular weight is 342 g/mol. The van der Waals surface area contributed by atoms with Crippen molar-refractivity contribution >= 4 is 0 Å². The molecule has 136 valence electrons. The van der Waals surface area contributed by atoms with Crippen molar-refractivity contribution in [3.8, 4) is 0 Å². The zero-order valence-electron chi connectivity index (χ0n) is 15.2. The van der Waals surface area contributed by atoms with E-state index in [4.69, 9.17) is 0 Å². The first-order chi connectivity index (χ1) is 12.2. The van der Waals surface area contributed by atoms with E-state index in [1.54, 1.807) is 0 Å². The fourth-order valence-electron chi connectivity index (χ4n) is 3.02. The van der Waals surface area contributed by atoms with E-state index in [0.29, 0.717) is 13.1 Å². The lowest BCUT2D eigenvalue weighted by Crippen LogP contribution is -2.40. The van der Waals surface area contributed by atoms with Crippen LogP contribution in [-0.4, -0.2) is 47.4 Å². The van der Waals surface area contributed by atoms with Crippen molar-refractivity contribution in [1.82, 2.24) is 10.2 Å². The van der Waals surface area contributed by atoms with Gasteiger partial charge in [-0.3, -0.25) is 0 Å². The Balaban J connectivity index is 2.08. The SMILES string of the molecule is CCN(CC)CC(O)CNC(c1ccccc1)C(O)c1ccccc1. The molecule has 2 aromatic rings. The Hall–Kier alpha value is -1.72. The van der Waals surface area contributed by atoms with Gasteiger partial charge < -0.3 is 20.4 Å². The Morgan fingerprint density at radius 3 is 1.88 bits per heavy atom. The molecule has 0 heterocycles. The second kappa shape index (κ2) is 10.3. The molecule has 0 saturated carbocycles. The van der Waals surface area contributed by atoms with Gasteiger partial charge in [0.15, 0.2) is 0 Å². The van der Waals surface area contributed by atoms with E-state index < -0.39 is 12.2 Å². The number of benzene rings is 2. The number of nitrogens with one attached hydrogen (secondary N) is 1. The van der Waals surface area contributed by atoms with Gasteiger partial charge in [-0.1, -0.05) is 74.5 Å². The van der Waals surface area contributed by atoms with E-state index in [1.807, 2.05) is 60.7 Å². The lowest BCUT2D eigenvalue weighted by Gasteiger charge is -2.28. The summed E-state index contributed by atoms with van der Waals surface area (Å²) in [4.78, 5) is 2.19. The smallest absolute Gasteiger partial charge is 0.0984 e. The van der Waals surface area contributed by atoms with Gasteiger partial charge in [0.1, 0.15) is 0 Å². The van der Waals surface area contributed by atoms with Gasteiger partial charge >= 0.3 is 0 Å². The molecule has 0 aliphatic heterocycles. The summed E-state index contributed by atoms with van der Waals surface area (Å²) in [7, 11) is 0. The van der Waals surface area contributed by atoms with Gasteiger partial charge in [0.05, 0.1) is 18.2 Å². The number of likely N-dealkylation sites (N-methyl/N-ethyl adjacent to an activating group) is 1. The van der Waals surface area contributed by atoms with Gasteiger partial charge in [0, 0.05) is 13.1 Å². The minimum atomic E-state index is -0.677. The van der Waals surface area contributed by atoms with Crippen LogP contribution in [-0.2, 0) is 0 Å². The zero-order valence-corrected chi connectivity index (χ0v) is 15.2. The highest BCUT2D eigenvalue weighted by Gasteiger charge is 2.23. The van der Waals surface area contributed by atoms with E-state index in [0.717, 1.165) is 24.2 Å². The van der Waals surface area contributed by atoms with Crippen molar-refractivity contribution in [1.29, 1.82) is 0 Å². The highest BCUT2D eigenvalue weighted by atomic mass is 16.3. The Kier molecular flexibility index (Phi) is 8.09. The fraction of sp³-hybridized carbons (Fsp3) is 0.429. The number of aliphatic hydroxyl groups excluding tert-OH is 2. The summed E-state index contributed by atoms with van der Waals surface area (Å²) in [5.41, 5.74) is 1.87. The molecule has 0 bridgehead atoms. The molecule has 3 unspecified atom stereocenters. The highest BCUT2D eigenvalue weighted by Crippen LogP contribution is 2.28. The number of hydrogen-bond donors (Lipinski definition) is 3. The van der Waals surface area contributed by atoms with Gasteiger partial charge in [0.25, 0.3) is 0 Å². The second-order valence-corrected chi connectivity index (χ2v) is 6.29. The normalized spacial score (nSPS) is 15.1. The van der Waals surface area contributed by atoms with Crippen LogP contribution in [0.5, 0.6) is 0 Å². The minimum Gasteiger partial charge on any atom is -0.390 e. The summed E-state index contributed by atoms with van der Waals surface area (Å²) in [5, 5.41) is 24.6. The molecule has 2 rings (SSSR count). The number of nitrogens with zero attached hydrogens (tertiary/aromatic N) is 1. The maximum absolute atomic E-state index is 10.9. The lowest BCUT2D eigenvalue weighted by atomic mass is 9.95. The summed E-state index contributed by atoms with van der Waals surface area (Å²) < 4.78 is 0. The van der Waals surface area contributed by atoms with Gasteiger partial charge in [-0.05, 0) is 24.2 Å². The average Bonchev–Trinajstić information content (AvgIpc) is 2.67. The Morgan fingerprint density at radius 1 is 0.840 bits per heavy atom. The molecule has 25 heavy (non-hydrogen) atoms. The molecule has 2 aromatic carbocycles. The number of rotatable bonds is 10. The molecular formula is C21H30N2O2. The van der Waals surface area contributed by atoms with Crippen LogP contribution < -0.4 is 5.32 Å². The third-order valence-electron chi connectivity index (χ3n) is 4.55.